The molecule has 0 aromatic carbocycles. The van der Waals surface area contributed by atoms with E-state index < -0.39 is 0 Å². The number of nitrogens with zero attached hydrogens (tertiary/aromatic N) is 2. The first kappa shape index (κ1) is 9.76. The van der Waals surface area contributed by atoms with Gasteiger partial charge in [-0.2, -0.15) is 0 Å². The Labute approximate surface area is 86.5 Å². The summed E-state index contributed by atoms with van der Waals surface area (Å²) in [5.74, 6) is 0. The number of hydrogen-bond acceptors (Lipinski definition) is 5. The fourth-order valence-electron chi connectivity index (χ4n) is 1.40. The third-order valence-corrected chi connectivity index (χ3v) is 3.00. The second kappa shape index (κ2) is 4.63. The van der Waals surface area contributed by atoms with Crippen molar-refractivity contribution < 1.29 is 9.53 Å². The van der Waals surface area contributed by atoms with Gasteiger partial charge in [0.2, 0.25) is 0 Å². The van der Waals surface area contributed by atoms with Crippen molar-refractivity contribution in [2.75, 3.05) is 26.3 Å². The van der Waals surface area contributed by atoms with E-state index in [1.54, 1.807) is 16.7 Å². The van der Waals surface area contributed by atoms with E-state index in [9.17, 15) is 4.79 Å². The zero-order valence-electron chi connectivity index (χ0n) is 7.81. The molecule has 0 unspecified atom stereocenters. The molecule has 1 aromatic rings. The Kier molecular flexibility index (Phi) is 3.23. The Bertz CT molecular complexity index is 308. The minimum absolute atomic E-state index is 0.540. The topological polar surface area (TPSA) is 42.4 Å². The highest BCUT2D eigenvalue weighted by molar-refractivity contribution is 7.09. The minimum Gasteiger partial charge on any atom is -0.379 e. The van der Waals surface area contributed by atoms with Crippen molar-refractivity contribution in [3.05, 3.63) is 16.1 Å². The average molecular weight is 212 g/mol. The lowest BCUT2D eigenvalue weighted by Gasteiger charge is -2.25. The summed E-state index contributed by atoms with van der Waals surface area (Å²) < 4.78 is 5.25. The number of aldehydes is 1. The van der Waals surface area contributed by atoms with Gasteiger partial charge in [0.25, 0.3) is 0 Å². The number of thiazole rings is 1. The molecule has 0 radical (unpaired) electrons. The zero-order chi connectivity index (χ0) is 9.80. The van der Waals surface area contributed by atoms with Crippen LogP contribution in [0.1, 0.15) is 15.5 Å². The van der Waals surface area contributed by atoms with E-state index in [4.69, 9.17) is 4.74 Å². The molecule has 2 rings (SSSR count). The quantitative estimate of drug-likeness (QED) is 0.695. The first-order chi connectivity index (χ1) is 6.88. The van der Waals surface area contributed by atoms with Gasteiger partial charge in [-0.25, -0.2) is 4.98 Å². The maximum Gasteiger partial charge on any atom is 0.169 e. The van der Waals surface area contributed by atoms with Gasteiger partial charge in [0, 0.05) is 18.5 Å². The SMILES string of the molecule is O=Cc1csc(CN2CCOCC2)n1. The maximum atomic E-state index is 10.4. The zero-order valence-corrected chi connectivity index (χ0v) is 8.63. The Hall–Kier alpha value is -0.780. The van der Waals surface area contributed by atoms with Crippen LogP contribution in [-0.2, 0) is 11.3 Å². The monoisotopic (exact) mass is 212 g/mol. The van der Waals surface area contributed by atoms with Crippen molar-refractivity contribution in [2.45, 2.75) is 6.54 Å². The highest BCUT2D eigenvalue weighted by Gasteiger charge is 2.12. The number of hydrogen-bond donors (Lipinski definition) is 0. The Balaban J connectivity index is 1.92. The van der Waals surface area contributed by atoms with Crippen molar-refractivity contribution in [1.82, 2.24) is 9.88 Å². The first-order valence-electron chi connectivity index (χ1n) is 4.58. The molecule has 1 fully saturated rings. The molecule has 0 N–H and O–H groups in total. The molecule has 76 valence electrons. The summed E-state index contributed by atoms with van der Waals surface area (Å²) in [6, 6.07) is 0. The number of aromatic nitrogens is 1. The molecule has 1 saturated heterocycles. The fourth-order valence-corrected chi connectivity index (χ4v) is 2.18. The largest absolute Gasteiger partial charge is 0.379 e. The standard InChI is InChI=1S/C9H12N2O2S/c12-6-8-7-14-9(10-8)5-11-1-3-13-4-2-11/h6-7H,1-5H2. The van der Waals surface area contributed by atoms with E-state index in [2.05, 4.69) is 9.88 Å². The van der Waals surface area contributed by atoms with Crippen molar-refractivity contribution in [2.24, 2.45) is 0 Å². The summed E-state index contributed by atoms with van der Waals surface area (Å²) in [6.45, 7) is 4.34. The van der Waals surface area contributed by atoms with Crippen LogP contribution < -0.4 is 0 Å². The van der Waals surface area contributed by atoms with Crippen molar-refractivity contribution in [3.8, 4) is 0 Å². The summed E-state index contributed by atoms with van der Waals surface area (Å²) in [4.78, 5) is 16.9. The van der Waals surface area contributed by atoms with Gasteiger partial charge >= 0.3 is 0 Å². The van der Waals surface area contributed by atoms with Gasteiger partial charge < -0.3 is 4.74 Å². The summed E-state index contributed by atoms with van der Waals surface area (Å²) in [5, 5.41) is 2.80. The van der Waals surface area contributed by atoms with Crippen LogP contribution >= 0.6 is 11.3 Å². The number of rotatable bonds is 3. The number of carbonyl (C=O) groups is 1. The second-order valence-electron chi connectivity index (χ2n) is 3.17. The summed E-state index contributed by atoms with van der Waals surface area (Å²) in [5.41, 5.74) is 0.540. The van der Waals surface area contributed by atoms with E-state index in [1.165, 1.54) is 0 Å². The van der Waals surface area contributed by atoms with E-state index >= 15 is 0 Å². The molecule has 4 nitrogen and oxygen atoms in total. The van der Waals surface area contributed by atoms with Crippen LogP contribution in [0.2, 0.25) is 0 Å². The predicted molar refractivity (Wildman–Crippen MR) is 53.6 cm³/mol. The highest BCUT2D eigenvalue weighted by atomic mass is 32.1. The predicted octanol–water partition coefficient (Wildman–Crippen LogP) is 0.788. The molecule has 0 bridgehead atoms. The van der Waals surface area contributed by atoms with Gasteiger partial charge in [-0.3, -0.25) is 9.69 Å². The molecule has 5 heteroatoms. The van der Waals surface area contributed by atoms with Gasteiger partial charge in [-0.05, 0) is 0 Å². The molecule has 1 aromatic heterocycles. The minimum atomic E-state index is 0.540. The van der Waals surface area contributed by atoms with E-state index in [1.807, 2.05) is 0 Å². The normalized spacial score (nSPS) is 18.3. The van der Waals surface area contributed by atoms with Crippen LogP contribution in [0.25, 0.3) is 0 Å². The summed E-state index contributed by atoms with van der Waals surface area (Å²) in [6.07, 6.45) is 0.791. The molecule has 1 aliphatic rings. The van der Waals surface area contributed by atoms with Crippen LogP contribution in [-0.4, -0.2) is 42.5 Å². The third-order valence-electron chi connectivity index (χ3n) is 2.15. The Morgan fingerprint density at radius 1 is 1.57 bits per heavy atom. The second-order valence-corrected chi connectivity index (χ2v) is 4.12. The molecule has 0 aliphatic carbocycles. The third kappa shape index (κ3) is 2.37. The van der Waals surface area contributed by atoms with Gasteiger partial charge in [0.1, 0.15) is 10.7 Å². The maximum absolute atomic E-state index is 10.4. The average Bonchev–Trinajstić information content (AvgIpc) is 2.67. The number of ether oxygens (including phenoxy) is 1. The number of morpholine rings is 1. The van der Waals surface area contributed by atoms with Crippen LogP contribution in [0.4, 0.5) is 0 Å². The summed E-state index contributed by atoms with van der Waals surface area (Å²) >= 11 is 1.54. The highest BCUT2D eigenvalue weighted by Crippen LogP contribution is 2.11. The first-order valence-corrected chi connectivity index (χ1v) is 5.46. The molecule has 14 heavy (non-hydrogen) atoms. The van der Waals surface area contributed by atoms with Crippen molar-refractivity contribution in [3.63, 3.8) is 0 Å². The lowest BCUT2D eigenvalue weighted by molar-refractivity contribution is 0.0341. The molecule has 0 saturated carbocycles. The molecule has 1 aliphatic heterocycles. The Morgan fingerprint density at radius 3 is 3.00 bits per heavy atom. The van der Waals surface area contributed by atoms with Crippen LogP contribution in [0.15, 0.2) is 5.38 Å². The molecule has 2 heterocycles. The van der Waals surface area contributed by atoms with E-state index in [-0.39, 0.29) is 0 Å². The van der Waals surface area contributed by atoms with Crippen molar-refractivity contribution in [1.29, 1.82) is 0 Å². The lowest BCUT2D eigenvalue weighted by atomic mass is 10.4. The van der Waals surface area contributed by atoms with Gasteiger partial charge in [0.05, 0.1) is 19.8 Å². The molecule has 0 amide bonds. The van der Waals surface area contributed by atoms with Crippen LogP contribution in [0.3, 0.4) is 0 Å². The fraction of sp³-hybridized carbons (Fsp3) is 0.556. The van der Waals surface area contributed by atoms with Crippen molar-refractivity contribution >= 4 is 17.6 Å². The molecular formula is C9H12N2O2S. The van der Waals surface area contributed by atoms with Crippen LogP contribution in [0.5, 0.6) is 0 Å². The van der Waals surface area contributed by atoms with Gasteiger partial charge in [-0.1, -0.05) is 0 Å². The van der Waals surface area contributed by atoms with Crippen LogP contribution in [0, 0.1) is 0 Å². The molecule has 0 atom stereocenters. The molecular weight excluding hydrogens is 200 g/mol. The van der Waals surface area contributed by atoms with E-state index in [0.717, 1.165) is 44.1 Å². The van der Waals surface area contributed by atoms with Gasteiger partial charge in [0.15, 0.2) is 6.29 Å². The lowest BCUT2D eigenvalue weighted by Crippen LogP contribution is -2.35. The smallest absolute Gasteiger partial charge is 0.169 e. The Morgan fingerprint density at radius 2 is 2.36 bits per heavy atom. The van der Waals surface area contributed by atoms with Gasteiger partial charge in [-0.15, -0.1) is 11.3 Å². The molecule has 0 spiro atoms. The number of carbonyl (C=O) groups excluding carboxylic acids is 1. The van der Waals surface area contributed by atoms with E-state index in [0.29, 0.717) is 5.69 Å². The summed E-state index contributed by atoms with van der Waals surface area (Å²) in [7, 11) is 0.